The lowest BCUT2D eigenvalue weighted by Gasteiger charge is -2.11. The Morgan fingerprint density at radius 1 is 1.05 bits per heavy atom. The molecule has 0 spiro atoms. The standard InChI is InChI=1S/C13H18F3NO3/c1-18-5-6-19-3-2-4-20-12-8-10(13(14,15)16)7-11(17)9-12/h7-9H,2-6,17H2,1H3. The van der Waals surface area contributed by atoms with Gasteiger partial charge in [0.25, 0.3) is 0 Å². The summed E-state index contributed by atoms with van der Waals surface area (Å²) in [7, 11) is 1.57. The molecule has 0 fully saturated rings. The molecule has 0 radical (unpaired) electrons. The second kappa shape index (κ2) is 7.96. The average Bonchev–Trinajstić information content (AvgIpc) is 2.36. The fraction of sp³-hybridized carbons (Fsp3) is 0.538. The van der Waals surface area contributed by atoms with Crippen LogP contribution >= 0.6 is 0 Å². The van der Waals surface area contributed by atoms with E-state index in [1.54, 1.807) is 7.11 Å². The number of nitrogen functional groups attached to an aromatic ring is 1. The van der Waals surface area contributed by atoms with Gasteiger partial charge in [0.2, 0.25) is 0 Å². The number of halogens is 3. The van der Waals surface area contributed by atoms with Crippen molar-refractivity contribution >= 4 is 5.69 Å². The molecule has 0 aliphatic carbocycles. The van der Waals surface area contributed by atoms with E-state index in [4.69, 9.17) is 19.9 Å². The number of hydrogen-bond donors (Lipinski definition) is 1. The fourth-order valence-electron chi connectivity index (χ4n) is 1.46. The van der Waals surface area contributed by atoms with Crippen LogP contribution in [0.15, 0.2) is 18.2 Å². The van der Waals surface area contributed by atoms with Gasteiger partial charge in [0, 0.05) is 31.9 Å². The van der Waals surface area contributed by atoms with Crippen LogP contribution in [-0.4, -0.2) is 33.5 Å². The zero-order chi connectivity index (χ0) is 15.0. The SMILES string of the molecule is COCCOCCCOc1cc(N)cc(C(F)(F)F)c1. The summed E-state index contributed by atoms with van der Waals surface area (Å²) in [6, 6.07) is 3.17. The normalized spacial score (nSPS) is 11.6. The molecule has 0 aromatic heterocycles. The number of ether oxygens (including phenoxy) is 3. The molecular formula is C13H18F3NO3. The number of nitrogens with two attached hydrogens (primary N) is 1. The van der Waals surface area contributed by atoms with E-state index in [1.807, 2.05) is 0 Å². The number of rotatable bonds is 8. The molecule has 1 aromatic carbocycles. The van der Waals surface area contributed by atoms with Crippen LogP contribution in [0.25, 0.3) is 0 Å². The maximum atomic E-state index is 12.6. The first-order valence-electron chi connectivity index (χ1n) is 6.10. The minimum absolute atomic E-state index is 0.0196. The van der Waals surface area contributed by atoms with E-state index < -0.39 is 11.7 Å². The van der Waals surface area contributed by atoms with E-state index in [0.717, 1.165) is 12.1 Å². The molecular weight excluding hydrogens is 275 g/mol. The Hall–Kier alpha value is -1.47. The Balaban J connectivity index is 2.39. The van der Waals surface area contributed by atoms with Crippen molar-refractivity contribution in [2.75, 3.05) is 39.3 Å². The average molecular weight is 293 g/mol. The minimum atomic E-state index is -4.43. The van der Waals surface area contributed by atoms with Gasteiger partial charge in [0.05, 0.1) is 25.4 Å². The molecule has 0 amide bonds. The van der Waals surface area contributed by atoms with Crippen molar-refractivity contribution in [3.8, 4) is 5.75 Å². The van der Waals surface area contributed by atoms with Crippen molar-refractivity contribution < 1.29 is 27.4 Å². The Bertz CT molecular complexity index is 410. The molecule has 1 aromatic rings. The van der Waals surface area contributed by atoms with Crippen LogP contribution in [0, 0.1) is 0 Å². The molecule has 0 saturated carbocycles. The summed E-state index contributed by atoms with van der Waals surface area (Å²) in [5.74, 6) is 0.106. The van der Waals surface area contributed by atoms with E-state index in [0.29, 0.717) is 26.2 Å². The van der Waals surface area contributed by atoms with Gasteiger partial charge in [-0.25, -0.2) is 0 Å². The van der Waals surface area contributed by atoms with E-state index in [1.165, 1.54) is 6.07 Å². The second-order valence-electron chi connectivity index (χ2n) is 4.10. The lowest BCUT2D eigenvalue weighted by molar-refractivity contribution is -0.137. The summed E-state index contributed by atoms with van der Waals surface area (Å²) in [5, 5.41) is 0. The van der Waals surface area contributed by atoms with Gasteiger partial charge in [0.1, 0.15) is 5.75 Å². The van der Waals surface area contributed by atoms with Gasteiger partial charge >= 0.3 is 6.18 Å². The lowest BCUT2D eigenvalue weighted by Crippen LogP contribution is -2.09. The molecule has 0 aliphatic heterocycles. The van der Waals surface area contributed by atoms with E-state index >= 15 is 0 Å². The Morgan fingerprint density at radius 2 is 1.80 bits per heavy atom. The van der Waals surface area contributed by atoms with Crippen molar-refractivity contribution in [2.45, 2.75) is 12.6 Å². The highest BCUT2D eigenvalue weighted by atomic mass is 19.4. The largest absolute Gasteiger partial charge is 0.493 e. The van der Waals surface area contributed by atoms with Crippen LogP contribution in [-0.2, 0) is 15.7 Å². The predicted octanol–water partition coefficient (Wildman–Crippen LogP) is 2.72. The number of hydrogen-bond acceptors (Lipinski definition) is 4. The smallest absolute Gasteiger partial charge is 0.416 e. The van der Waals surface area contributed by atoms with Crippen LogP contribution in [0.3, 0.4) is 0 Å². The summed E-state index contributed by atoms with van der Waals surface area (Å²) >= 11 is 0. The van der Waals surface area contributed by atoms with Gasteiger partial charge in [-0.15, -0.1) is 0 Å². The Kier molecular flexibility index (Phi) is 6.60. The first kappa shape index (κ1) is 16.6. The Labute approximate surface area is 115 Å². The third kappa shape index (κ3) is 6.12. The molecule has 1 rings (SSSR count). The molecule has 0 atom stereocenters. The number of benzene rings is 1. The minimum Gasteiger partial charge on any atom is -0.493 e. The summed E-state index contributed by atoms with van der Waals surface area (Å²) in [5.41, 5.74) is 4.63. The molecule has 7 heteroatoms. The van der Waals surface area contributed by atoms with Crippen molar-refractivity contribution in [1.82, 2.24) is 0 Å². The molecule has 0 saturated heterocycles. The van der Waals surface area contributed by atoms with Crippen molar-refractivity contribution in [3.05, 3.63) is 23.8 Å². The number of alkyl halides is 3. The third-order valence-corrected chi connectivity index (χ3v) is 2.39. The maximum absolute atomic E-state index is 12.6. The van der Waals surface area contributed by atoms with E-state index in [-0.39, 0.29) is 18.0 Å². The third-order valence-electron chi connectivity index (χ3n) is 2.39. The van der Waals surface area contributed by atoms with E-state index in [2.05, 4.69) is 0 Å². The Morgan fingerprint density at radius 3 is 2.45 bits per heavy atom. The molecule has 4 nitrogen and oxygen atoms in total. The van der Waals surface area contributed by atoms with Crippen LogP contribution in [0.4, 0.5) is 18.9 Å². The van der Waals surface area contributed by atoms with Crippen molar-refractivity contribution in [2.24, 2.45) is 0 Å². The lowest BCUT2D eigenvalue weighted by atomic mass is 10.2. The topological polar surface area (TPSA) is 53.7 Å². The summed E-state index contributed by atoms with van der Waals surface area (Å²) in [6.07, 6.45) is -3.86. The zero-order valence-corrected chi connectivity index (χ0v) is 11.2. The molecule has 0 bridgehead atoms. The van der Waals surface area contributed by atoms with Crippen LogP contribution in [0.1, 0.15) is 12.0 Å². The molecule has 2 N–H and O–H groups in total. The molecule has 0 heterocycles. The molecule has 0 aliphatic rings. The van der Waals surface area contributed by atoms with Gasteiger partial charge in [-0.05, 0) is 12.1 Å². The zero-order valence-electron chi connectivity index (χ0n) is 11.2. The summed E-state index contributed by atoms with van der Waals surface area (Å²) < 4.78 is 52.9. The van der Waals surface area contributed by atoms with Gasteiger partial charge < -0.3 is 19.9 Å². The quantitative estimate of drug-likeness (QED) is 0.591. The second-order valence-corrected chi connectivity index (χ2v) is 4.10. The predicted molar refractivity (Wildman–Crippen MR) is 68.7 cm³/mol. The van der Waals surface area contributed by atoms with Crippen LogP contribution in [0.2, 0.25) is 0 Å². The van der Waals surface area contributed by atoms with Crippen molar-refractivity contribution in [1.29, 1.82) is 0 Å². The monoisotopic (exact) mass is 293 g/mol. The molecule has 0 unspecified atom stereocenters. The molecule has 20 heavy (non-hydrogen) atoms. The summed E-state index contributed by atoms with van der Waals surface area (Å²) in [4.78, 5) is 0. The van der Waals surface area contributed by atoms with Crippen LogP contribution < -0.4 is 10.5 Å². The van der Waals surface area contributed by atoms with Gasteiger partial charge in [0.15, 0.2) is 0 Å². The summed E-state index contributed by atoms with van der Waals surface area (Å²) in [6.45, 7) is 1.70. The number of anilines is 1. The highest BCUT2D eigenvalue weighted by Gasteiger charge is 2.31. The highest BCUT2D eigenvalue weighted by Crippen LogP contribution is 2.33. The fourth-order valence-corrected chi connectivity index (χ4v) is 1.46. The van der Waals surface area contributed by atoms with Crippen molar-refractivity contribution in [3.63, 3.8) is 0 Å². The maximum Gasteiger partial charge on any atom is 0.416 e. The first-order valence-corrected chi connectivity index (χ1v) is 6.10. The highest BCUT2D eigenvalue weighted by molar-refractivity contribution is 5.48. The van der Waals surface area contributed by atoms with Gasteiger partial charge in [-0.1, -0.05) is 0 Å². The van der Waals surface area contributed by atoms with Gasteiger partial charge in [-0.3, -0.25) is 0 Å². The first-order chi connectivity index (χ1) is 9.43. The molecule has 114 valence electrons. The number of methoxy groups -OCH3 is 1. The van der Waals surface area contributed by atoms with Gasteiger partial charge in [-0.2, -0.15) is 13.2 Å². The van der Waals surface area contributed by atoms with E-state index in [9.17, 15) is 13.2 Å². The van der Waals surface area contributed by atoms with Crippen LogP contribution in [0.5, 0.6) is 5.75 Å².